The van der Waals surface area contributed by atoms with E-state index in [1.807, 2.05) is 0 Å². The van der Waals surface area contributed by atoms with E-state index in [2.05, 4.69) is 48.3 Å². The van der Waals surface area contributed by atoms with Crippen molar-refractivity contribution >= 4 is 5.96 Å². The Morgan fingerprint density at radius 2 is 1.74 bits per heavy atom. The van der Waals surface area contributed by atoms with Crippen LogP contribution in [0.25, 0.3) is 0 Å². The Labute approximate surface area is 168 Å². The van der Waals surface area contributed by atoms with Gasteiger partial charge in [-0.1, -0.05) is 26.7 Å². The molecule has 1 heterocycles. The summed E-state index contributed by atoms with van der Waals surface area (Å²) in [5.41, 5.74) is 0.456. The molecule has 1 aliphatic carbocycles. The van der Waals surface area contributed by atoms with Crippen LogP contribution in [0, 0.1) is 11.3 Å². The van der Waals surface area contributed by atoms with E-state index >= 15 is 0 Å². The van der Waals surface area contributed by atoms with E-state index in [0.717, 1.165) is 31.5 Å². The molecule has 1 aliphatic heterocycles. The number of aliphatic imine (C=N–C) groups is 1. The van der Waals surface area contributed by atoms with Gasteiger partial charge < -0.3 is 20.4 Å². The molecule has 0 amide bonds. The van der Waals surface area contributed by atoms with Crippen molar-refractivity contribution in [2.75, 3.05) is 59.4 Å². The van der Waals surface area contributed by atoms with Crippen LogP contribution in [0.15, 0.2) is 4.99 Å². The highest BCUT2D eigenvalue weighted by molar-refractivity contribution is 5.79. The minimum atomic E-state index is 0.456. The van der Waals surface area contributed by atoms with Gasteiger partial charge in [0, 0.05) is 45.8 Å². The Hall–Kier alpha value is -0.810. The van der Waals surface area contributed by atoms with Crippen LogP contribution in [0.2, 0.25) is 0 Å². The molecule has 27 heavy (non-hydrogen) atoms. The smallest absolute Gasteiger partial charge is 0.191 e. The van der Waals surface area contributed by atoms with E-state index in [0.29, 0.717) is 5.41 Å². The molecule has 2 fully saturated rings. The quantitative estimate of drug-likeness (QED) is 0.348. The number of guanidine groups is 1. The number of rotatable bonds is 10. The van der Waals surface area contributed by atoms with Gasteiger partial charge in [-0.15, -0.1) is 0 Å². The van der Waals surface area contributed by atoms with Crippen molar-refractivity contribution in [2.24, 2.45) is 16.3 Å². The van der Waals surface area contributed by atoms with E-state index in [-0.39, 0.29) is 0 Å². The Bertz CT molecular complexity index is 420. The zero-order valence-electron chi connectivity index (χ0n) is 18.5. The molecule has 0 unspecified atom stereocenters. The molecule has 2 rings (SSSR count). The first-order valence-electron chi connectivity index (χ1n) is 11.5. The molecule has 0 aromatic heterocycles. The van der Waals surface area contributed by atoms with Crippen molar-refractivity contribution in [1.82, 2.24) is 20.4 Å². The Morgan fingerprint density at radius 1 is 1.04 bits per heavy atom. The second kappa shape index (κ2) is 11.9. The maximum atomic E-state index is 5.00. The minimum absolute atomic E-state index is 0.456. The zero-order chi connectivity index (χ0) is 19.5. The van der Waals surface area contributed by atoms with Gasteiger partial charge in [-0.2, -0.15) is 0 Å². The molecule has 5 nitrogen and oxygen atoms in total. The largest absolute Gasteiger partial charge is 0.357 e. The number of hydrogen-bond donors (Lipinski definition) is 2. The first kappa shape index (κ1) is 22.5. The lowest BCUT2D eigenvalue weighted by molar-refractivity contribution is 0.152. The lowest BCUT2D eigenvalue weighted by Gasteiger charge is -2.32. The molecule has 1 saturated heterocycles. The fraction of sp³-hybridized carbons (Fsp3) is 0.955. The van der Waals surface area contributed by atoms with Gasteiger partial charge >= 0.3 is 0 Å². The second-order valence-corrected chi connectivity index (χ2v) is 9.28. The molecule has 0 radical (unpaired) electrons. The number of unbranched alkanes of at least 4 members (excludes halogenated alkanes) is 1. The predicted molar refractivity (Wildman–Crippen MR) is 118 cm³/mol. The van der Waals surface area contributed by atoms with E-state index in [1.54, 1.807) is 0 Å². The fourth-order valence-corrected chi connectivity index (χ4v) is 4.75. The number of likely N-dealkylation sites (N-methyl/N-ethyl adjacent to an activating group) is 1. The predicted octanol–water partition coefficient (Wildman–Crippen LogP) is 3.18. The molecular formula is C22H45N5. The van der Waals surface area contributed by atoms with Crippen LogP contribution in [0.4, 0.5) is 0 Å². The molecule has 0 aromatic carbocycles. The van der Waals surface area contributed by atoms with E-state index < -0.39 is 0 Å². The molecule has 0 aromatic rings. The molecule has 5 heteroatoms. The van der Waals surface area contributed by atoms with Crippen molar-refractivity contribution in [3.8, 4) is 0 Å². The Kier molecular flexibility index (Phi) is 9.91. The third kappa shape index (κ3) is 8.39. The highest BCUT2D eigenvalue weighted by atomic mass is 15.2. The monoisotopic (exact) mass is 379 g/mol. The van der Waals surface area contributed by atoms with Crippen molar-refractivity contribution in [3.05, 3.63) is 0 Å². The number of piperazine rings is 1. The third-order valence-corrected chi connectivity index (χ3v) is 6.21. The summed E-state index contributed by atoms with van der Waals surface area (Å²) < 4.78 is 0. The van der Waals surface area contributed by atoms with Crippen LogP contribution in [0.5, 0.6) is 0 Å². The van der Waals surface area contributed by atoms with Crippen LogP contribution in [-0.4, -0.2) is 75.2 Å². The summed E-state index contributed by atoms with van der Waals surface area (Å²) in [6.07, 6.45) is 9.30. The first-order valence-corrected chi connectivity index (χ1v) is 11.5. The number of nitrogens with one attached hydrogen (secondary N) is 2. The van der Waals surface area contributed by atoms with Crippen LogP contribution >= 0.6 is 0 Å². The Balaban J connectivity index is 1.69. The highest BCUT2D eigenvalue weighted by Crippen LogP contribution is 2.43. The molecule has 2 aliphatic rings. The topological polar surface area (TPSA) is 42.9 Å². The molecule has 0 atom stereocenters. The van der Waals surface area contributed by atoms with Crippen molar-refractivity contribution in [3.63, 3.8) is 0 Å². The molecule has 0 bridgehead atoms. The van der Waals surface area contributed by atoms with E-state index in [4.69, 9.17) is 4.99 Å². The maximum absolute atomic E-state index is 5.00. The molecule has 1 saturated carbocycles. The summed E-state index contributed by atoms with van der Waals surface area (Å²) in [7, 11) is 2.22. The van der Waals surface area contributed by atoms with Gasteiger partial charge in [-0.3, -0.25) is 4.99 Å². The lowest BCUT2D eigenvalue weighted by atomic mass is 9.78. The van der Waals surface area contributed by atoms with Crippen LogP contribution in [-0.2, 0) is 0 Å². The maximum Gasteiger partial charge on any atom is 0.191 e. The average molecular weight is 380 g/mol. The summed E-state index contributed by atoms with van der Waals surface area (Å²) in [6, 6.07) is 0. The highest BCUT2D eigenvalue weighted by Gasteiger charge is 2.34. The van der Waals surface area contributed by atoms with Gasteiger partial charge in [0.25, 0.3) is 0 Å². The van der Waals surface area contributed by atoms with E-state index in [1.165, 1.54) is 77.7 Å². The molecule has 2 N–H and O–H groups in total. The van der Waals surface area contributed by atoms with Gasteiger partial charge in [-0.25, -0.2) is 0 Å². The Morgan fingerprint density at radius 3 is 2.37 bits per heavy atom. The molecule has 0 spiro atoms. The van der Waals surface area contributed by atoms with Gasteiger partial charge in [-0.05, 0) is 64.0 Å². The summed E-state index contributed by atoms with van der Waals surface area (Å²) >= 11 is 0. The molecular weight excluding hydrogens is 334 g/mol. The SMILES string of the molecule is CCNC(=NCC1(CC(C)C)CCCC1)NCCCCN1CCN(C)CC1. The lowest BCUT2D eigenvalue weighted by Crippen LogP contribution is -2.44. The average Bonchev–Trinajstić information content (AvgIpc) is 3.09. The van der Waals surface area contributed by atoms with Gasteiger partial charge in [0.2, 0.25) is 0 Å². The van der Waals surface area contributed by atoms with E-state index in [9.17, 15) is 0 Å². The summed E-state index contributed by atoms with van der Waals surface area (Å²) in [4.78, 5) is 10.0. The van der Waals surface area contributed by atoms with Crippen molar-refractivity contribution in [1.29, 1.82) is 0 Å². The van der Waals surface area contributed by atoms with Gasteiger partial charge in [0.05, 0.1) is 0 Å². The normalized spacial score (nSPS) is 21.7. The summed E-state index contributed by atoms with van der Waals surface area (Å²) in [6.45, 7) is 15.9. The molecule has 158 valence electrons. The minimum Gasteiger partial charge on any atom is -0.357 e. The zero-order valence-corrected chi connectivity index (χ0v) is 18.5. The second-order valence-electron chi connectivity index (χ2n) is 9.28. The van der Waals surface area contributed by atoms with Crippen molar-refractivity contribution < 1.29 is 0 Å². The van der Waals surface area contributed by atoms with Gasteiger partial charge in [0.15, 0.2) is 5.96 Å². The van der Waals surface area contributed by atoms with Crippen LogP contribution in [0.1, 0.15) is 65.7 Å². The standard InChI is InChI=1S/C22H45N5/c1-5-23-21(25-19-22(18-20(2)3)10-6-7-11-22)24-12-8-9-13-27-16-14-26(4)15-17-27/h20H,5-19H2,1-4H3,(H2,23,24,25). The van der Waals surface area contributed by atoms with Crippen molar-refractivity contribution in [2.45, 2.75) is 65.7 Å². The third-order valence-electron chi connectivity index (χ3n) is 6.21. The summed E-state index contributed by atoms with van der Waals surface area (Å²) in [5, 5.41) is 7.02. The van der Waals surface area contributed by atoms with Gasteiger partial charge in [0.1, 0.15) is 0 Å². The number of hydrogen-bond acceptors (Lipinski definition) is 3. The first-order chi connectivity index (χ1) is 13.0. The number of nitrogens with zero attached hydrogens (tertiary/aromatic N) is 3. The summed E-state index contributed by atoms with van der Waals surface area (Å²) in [5.74, 6) is 1.79. The van der Waals surface area contributed by atoms with Crippen LogP contribution in [0.3, 0.4) is 0 Å². The van der Waals surface area contributed by atoms with Crippen LogP contribution < -0.4 is 10.6 Å². The fourth-order valence-electron chi connectivity index (χ4n) is 4.75.